The van der Waals surface area contributed by atoms with Crippen LogP contribution in [0.25, 0.3) is 0 Å². The van der Waals surface area contributed by atoms with Crippen molar-refractivity contribution < 1.29 is 4.79 Å². The zero-order valence-electron chi connectivity index (χ0n) is 9.02. The van der Waals surface area contributed by atoms with Crippen molar-refractivity contribution in [1.29, 1.82) is 0 Å². The summed E-state index contributed by atoms with van der Waals surface area (Å²) in [5.41, 5.74) is 1.01. The molecule has 1 amide bonds. The van der Waals surface area contributed by atoms with Crippen molar-refractivity contribution in [2.75, 3.05) is 5.75 Å². The number of carbonyl (C=O) groups is 1. The second-order valence-corrected chi connectivity index (χ2v) is 4.63. The van der Waals surface area contributed by atoms with Crippen LogP contribution in [0.3, 0.4) is 0 Å². The Bertz CT molecular complexity index is 365. The van der Waals surface area contributed by atoms with Gasteiger partial charge in [0.05, 0.1) is 12.2 Å². The second-order valence-electron chi connectivity index (χ2n) is 4.31. The van der Waals surface area contributed by atoms with E-state index in [1.807, 2.05) is 0 Å². The molecule has 0 aliphatic heterocycles. The maximum atomic E-state index is 11.6. The lowest BCUT2D eigenvalue weighted by Gasteiger charge is -2.11. The molecule has 5 heteroatoms. The average molecular weight is 237 g/mol. The Labute approximate surface area is 100 Å². The van der Waals surface area contributed by atoms with Crippen LogP contribution in [-0.2, 0) is 11.3 Å². The first kappa shape index (κ1) is 11.4. The maximum absolute atomic E-state index is 11.6. The molecule has 1 aliphatic rings. The standard InChI is InChI=1S/C11H15N3OS/c15-10(5-11(7-16)2-3-11)13-6-9-1-4-12-8-14-9/h1,4,8,16H,2-3,5-7H2,(H,13,15). The molecule has 86 valence electrons. The molecule has 0 spiro atoms. The lowest BCUT2D eigenvalue weighted by atomic mass is 10.1. The number of nitrogens with one attached hydrogen (secondary N) is 1. The Morgan fingerprint density at radius 3 is 2.94 bits per heavy atom. The summed E-state index contributed by atoms with van der Waals surface area (Å²) >= 11 is 4.28. The van der Waals surface area contributed by atoms with E-state index in [9.17, 15) is 4.79 Å². The number of hydrogen-bond donors (Lipinski definition) is 2. The van der Waals surface area contributed by atoms with E-state index in [0.29, 0.717) is 13.0 Å². The van der Waals surface area contributed by atoms with E-state index < -0.39 is 0 Å². The topological polar surface area (TPSA) is 54.9 Å². The summed E-state index contributed by atoms with van der Waals surface area (Å²) in [6.07, 6.45) is 5.98. The van der Waals surface area contributed by atoms with Gasteiger partial charge in [0.1, 0.15) is 6.33 Å². The fraction of sp³-hybridized carbons (Fsp3) is 0.545. The highest BCUT2D eigenvalue weighted by Crippen LogP contribution is 2.49. The molecule has 4 nitrogen and oxygen atoms in total. The van der Waals surface area contributed by atoms with Gasteiger partial charge in [0, 0.05) is 12.6 Å². The molecular weight excluding hydrogens is 222 g/mol. The molecule has 1 heterocycles. The van der Waals surface area contributed by atoms with Crippen LogP contribution in [0.1, 0.15) is 25.0 Å². The average Bonchev–Trinajstić information content (AvgIpc) is 3.08. The van der Waals surface area contributed by atoms with Crippen LogP contribution in [0.15, 0.2) is 18.6 Å². The Kier molecular flexibility index (Phi) is 3.43. The van der Waals surface area contributed by atoms with E-state index in [4.69, 9.17) is 0 Å². The molecule has 1 aromatic heterocycles. The summed E-state index contributed by atoms with van der Waals surface area (Å²) in [7, 11) is 0. The van der Waals surface area contributed by atoms with Gasteiger partial charge in [0.15, 0.2) is 0 Å². The molecule has 1 aliphatic carbocycles. The highest BCUT2D eigenvalue weighted by atomic mass is 32.1. The Balaban J connectivity index is 1.76. The molecule has 1 N–H and O–H groups in total. The number of nitrogens with zero attached hydrogens (tertiary/aromatic N) is 2. The van der Waals surface area contributed by atoms with E-state index in [0.717, 1.165) is 24.3 Å². The number of hydrogen-bond acceptors (Lipinski definition) is 4. The lowest BCUT2D eigenvalue weighted by molar-refractivity contribution is -0.122. The first-order chi connectivity index (χ1) is 7.74. The summed E-state index contributed by atoms with van der Waals surface area (Å²) in [5, 5.41) is 2.87. The van der Waals surface area contributed by atoms with E-state index in [2.05, 4.69) is 27.9 Å². The highest BCUT2D eigenvalue weighted by Gasteiger charge is 2.42. The summed E-state index contributed by atoms with van der Waals surface area (Å²) in [5.74, 6) is 0.888. The molecule has 0 saturated heterocycles. The minimum atomic E-state index is 0.0881. The van der Waals surface area contributed by atoms with Crippen molar-refractivity contribution in [3.63, 3.8) is 0 Å². The van der Waals surface area contributed by atoms with Gasteiger partial charge < -0.3 is 5.32 Å². The predicted octanol–water partition coefficient (Wildman–Crippen LogP) is 1.19. The fourth-order valence-corrected chi connectivity index (χ4v) is 2.01. The van der Waals surface area contributed by atoms with Crippen molar-refractivity contribution in [2.24, 2.45) is 5.41 Å². The summed E-state index contributed by atoms with van der Waals surface area (Å²) in [4.78, 5) is 19.5. The molecule has 0 atom stereocenters. The normalized spacial score (nSPS) is 16.8. The number of amides is 1. The molecule has 16 heavy (non-hydrogen) atoms. The van der Waals surface area contributed by atoms with Crippen molar-refractivity contribution >= 4 is 18.5 Å². The van der Waals surface area contributed by atoms with Crippen LogP contribution in [0, 0.1) is 5.41 Å². The molecule has 1 saturated carbocycles. The molecule has 0 bridgehead atoms. The zero-order chi connectivity index (χ0) is 11.4. The van der Waals surface area contributed by atoms with Crippen molar-refractivity contribution in [1.82, 2.24) is 15.3 Å². The third kappa shape index (κ3) is 2.95. The van der Waals surface area contributed by atoms with Crippen molar-refractivity contribution in [3.05, 3.63) is 24.3 Å². The van der Waals surface area contributed by atoms with Crippen LogP contribution in [0.5, 0.6) is 0 Å². The SMILES string of the molecule is O=C(CC1(CS)CC1)NCc1ccncn1. The number of carbonyl (C=O) groups excluding carboxylic acids is 1. The number of rotatable bonds is 5. The van der Waals surface area contributed by atoms with Crippen molar-refractivity contribution in [2.45, 2.75) is 25.8 Å². The van der Waals surface area contributed by atoms with E-state index >= 15 is 0 Å². The quantitative estimate of drug-likeness (QED) is 0.756. The molecule has 2 rings (SSSR count). The maximum Gasteiger partial charge on any atom is 0.220 e. The molecular formula is C11H15N3OS. The summed E-state index contributed by atoms with van der Waals surface area (Å²) in [6, 6.07) is 1.80. The van der Waals surface area contributed by atoms with Gasteiger partial charge in [-0.05, 0) is 30.1 Å². The van der Waals surface area contributed by atoms with Crippen LogP contribution in [0.2, 0.25) is 0 Å². The first-order valence-corrected chi connectivity index (χ1v) is 6.00. The third-order valence-electron chi connectivity index (χ3n) is 2.94. The number of thiol groups is 1. The largest absolute Gasteiger partial charge is 0.350 e. The van der Waals surface area contributed by atoms with Gasteiger partial charge in [-0.15, -0.1) is 0 Å². The molecule has 0 aromatic carbocycles. The van der Waals surface area contributed by atoms with Crippen LogP contribution >= 0.6 is 12.6 Å². The zero-order valence-corrected chi connectivity index (χ0v) is 9.91. The Hall–Kier alpha value is -1.10. The fourth-order valence-electron chi connectivity index (χ4n) is 1.58. The van der Waals surface area contributed by atoms with Crippen LogP contribution < -0.4 is 5.32 Å². The third-order valence-corrected chi connectivity index (χ3v) is 3.61. The lowest BCUT2D eigenvalue weighted by Crippen LogP contribution is -2.26. The highest BCUT2D eigenvalue weighted by molar-refractivity contribution is 7.80. The molecule has 0 unspecified atom stereocenters. The van der Waals surface area contributed by atoms with Gasteiger partial charge in [-0.2, -0.15) is 12.6 Å². The second kappa shape index (κ2) is 4.82. The van der Waals surface area contributed by atoms with E-state index in [1.54, 1.807) is 12.3 Å². The van der Waals surface area contributed by atoms with E-state index in [1.165, 1.54) is 6.33 Å². The first-order valence-electron chi connectivity index (χ1n) is 5.37. The minimum absolute atomic E-state index is 0.0881. The van der Waals surface area contributed by atoms with Gasteiger partial charge in [0.25, 0.3) is 0 Å². The predicted molar refractivity (Wildman–Crippen MR) is 64.0 cm³/mol. The van der Waals surface area contributed by atoms with Gasteiger partial charge >= 0.3 is 0 Å². The van der Waals surface area contributed by atoms with E-state index in [-0.39, 0.29) is 11.3 Å². The van der Waals surface area contributed by atoms with Gasteiger partial charge in [-0.1, -0.05) is 0 Å². The summed E-state index contributed by atoms with van der Waals surface area (Å²) in [6.45, 7) is 0.476. The molecule has 0 radical (unpaired) electrons. The van der Waals surface area contributed by atoms with Crippen molar-refractivity contribution in [3.8, 4) is 0 Å². The van der Waals surface area contributed by atoms with Crippen LogP contribution in [0.4, 0.5) is 0 Å². The Morgan fingerprint density at radius 1 is 1.56 bits per heavy atom. The van der Waals surface area contributed by atoms with Gasteiger partial charge in [0.2, 0.25) is 5.91 Å². The smallest absolute Gasteiger partial charge is 0.220 e. The van der Waals surface area contributed by atoms with Gasteiger partial charge in [-0.25, -0.2) is 9.97 Å². The Morgan fingerprint density at radius 2 is 2.38 bits per heavy atom. The van der Waals surface area contributed by atoms with Crippen LogP contribution in [-0.4, -0.2) is 21.6 Å². The molecule has 1 fully saturated rings. The minimum Gasteiger partial charge on any atom is -0.350 e. The molecule has 1 aromatic rings. The monoisotopic (exact) mass is 237 g/mol. The summed E-state index contributed by atoms with van der Waals surface area (Å²) < 4.78 is 0. The number of aromatic nitrogens is 2. The van der Waals surface area contributed by atoms with Gasteiger partial charge in [-0.3, -0.25) is 4.79 Å².